The second-order valence-corrected chi connectivity index (χ2v) is 5.06. The van der Waals surface area contributed by atoms with E-state index in [2.05, 4.69) is 4.90 Å². The number of nitriles is 1. The van der Waals surface area contributed by atoms with Gasteiger partial charge in [0.15, 0.2) is 0 Å². The Kier molecular flexibility index (Phi) is 5.07. The van der Waals surface area contributed by atoms with Gasteiger partial charge in [-0.1, -0.05) is 6.07 Å². The van der Waals surface area contributed by atoms with E-state index >= 15 is 0 Å². The van der Waals surface area contributed by atoms with E-state index in [9.17, 15) is 4.39 Å². The molecule has 0 bridgehead atoms. The highest BCUT2D eigenvalue weighted by atomic mass is 19.1. The van der Waals surface area contributed by atoms with Crippen molar-refractivity contribution < 1.29 is 13.9 Å². The van der Waals surface area contributed by atoms with Gasteiger partial charge in [0.25, 0.3) is 0 Å². The largest absolute Gasteiger partial charge is 0.383 e. The number of hydrogen-bond acceptors (Lipinski definition) is 4. The summed E-state index contributed by atoms with van der Waals surface area (Å²) in [4.78, 5) is 2.26. The Bertz CT molecular complexity index is 501. The zero-order chi connectivity index (χ0) is 14.5. The summed E-state index contributed by atoms with van der Waals surface area (Å²) in [5.41, 5.74) is 1.02. The Morgan fingerprint density at radius 2 is 2.25 bits per heavy atom. The molecule has 0 unspecified atom stereocenters. The first-order chi connectivity index (χ1) is 9.67. The average Bonchev–Trinajstić information content (AvgIpc) is 2.83. The van der Waals surface area contributed by atoms with Crippen LogP contribution in [0.4, 0.5) is 4.39 Å². The van der Waals surface area contributed by atoms with Gasteiger partial charge in [0.1, 0.15) is 11.9 Å². The first kappa shape index (κ1) is 14.9. The molecule has 2 atom stereocenters. The monoisotopic (exact) mass is 278 g/mol. The van der Waals surface area contributed by atoms with Gasteiger partial charge < -0.3 is 9.47 Å². The summed E-state index contributed by atoms with van der Waals surface area (Å²) in [7, 11) is 3.40. The lowest BCUT2D eigenvalue weighted by Gasteiger charge is -2.23. The molecule has 4 nitrogen and oxygen atoms in total. The van der Waals surface area contributed by atoms with E-state index in [-0.39, 0.29) is 11.7 Å². The molecule has 1 aliphatic heterocycles. The van der Waals surface area contributed by atoms with Gasteiger partial charge in [0, 0.05) is 33.4 Å². The third-order valence-electron chi connectivity index (χ3n) is 3.72. The second-order valence-electron chi connectivity index (χ2n) is 5.06. The molecule has 1 fully saturated rings. The van der Waals surface area contributed by atoms with E-state index in [1.165, 1.54) is 6.07 Å². The molecule has 0 aromatic heterocycles. The van der Waals surface area contributed by atoms with Crippen molar-refractivity contribution in [3.8, 4) is 6.07 Å². The predicted molar refractivity (Wildman–Crippen MR) is 72.6 cm³/mol. The Labute approximate surface area is 118 Å². The highest BCUT2D eigenvalue weighted by molar-refractivity contribution is 5.34. The maximum Gasteiger partial charge on any atom is 0.140 e. The summed E-state index contributed by atoms with van der Waals surface area (Å²) >= 11 is 0. The maximum atomic E-state index is 13.3. The van der Waals surface area contributed by atoms with Crippen LogP contribution in [0.25, 0.3) is 0 Å². The van der Waals surface area contributed by atoms with Gasteiger partial charge in [-0.3, -0.25) is 4.90 Å². The molecule has 108 valence electrons. The summed E-state index contributed by atoms with van der Waals surface area (Å²) in [6, 6.07) is 6.85. The van der Waals surface area contributed by atoms with Crippen molar-refractivity contribution in [2.45, 2.75) is 25.1 Å². The standard InChI is InChI=1S/C15H19FN2O2/c1-19-10-13-6-14(20-2)9-18(13)8-11-3-4-15(16)12(5-11)7-17/h3-5,13-14H,6,8-10H2,1-2H3/t13-,14-/m0/s1. The number of likely N-dealkylation sites (tertiary alicyclic amines) is 1. The smallest absolute Gasteiger partial charge is 0.140 e. The van der Waals surface area contributed by atoms with Crippen molar-refractivity contribution in [2.75, 3.05) is 27.4 Å². The molecular weight excluding hydrogens is 259 g/mol. The van der Waals surface area contributed by atoms with Gasteiger partial charge in [-0.15, -0.1) is 0 Å². The summed E-state index contributed by atoms with van der Waals surface area (Å²) in [6.45, 7) is 2.14. The molecule has 0 N–H and O–H groups in total. The molecule has 0 amide bonds. The molecule has 1 saturated heterocycles. The van der Waals surface area contributed by atoms with E-state index in [1.807, 2.05) is 6.07 Å². The molecule has 0 radical (unpaired) electrons. The predicted octanol–water partition coefficient (Wildman–Crippen LogP) is 1.93. The van der Waals surface area contributed by atoms with Gasteiger partial charge in [-0.2, -0.15) is 5.26 Å². The number of rotatable bonds is 5. The van der Waals surface area contributed by atoms with E-state index in [0.29, 0.717) is 19.2 Å². The number of hydrogen-bond donors (Lipinski definition) is 0. The van der Waals surface area contributed by atoms with Gasteiger partial charge in [-0.25, -0.2) is 4.39 Å². The molecule has 1 heterocycles. The van der Waals surface area contributed by atoms with E-state index in [0.717, 1.165) is 18.5 Å². The minimum absolute atomic E-state index is 0.0910. The minimum atomic E-state index is -0.471. The molecule has 5 heteroatoms. The summed E-state index contributed by atoms with van der Waals surface area (Å²) in [6.07, 6.45) is 1.13. The fourth-order valence-electron chi connectivity index (χ4n) is 2.66. The Balaban J connectivity index is 2.09. The minimum Gasteiger partial charge on any atom is -0.383 e. The SMILES string of the molecule is COC[C@@H]1C[C@H](OC)CN1Cc1ccc(F)c(C#N)c1. The fraction of sp³-hybridized carbons (Fsp3) is 0.533. The number of methoxy groups -OCH3 is 2. The molecular formula is C15H19FN2O2. The van der Waals surface area contributed by atoms with Gasteiger partial charge in [0.2, 0.25) is 0 Å². The van der Waals surface area contributed by atoms with Crippen LogP contribution in [0.2, 0.25) is 0 Å². The van der Waals surface area contributed by atoms with Crippen molar-refractivity contribution >= 4 is 0 Å². The van der Waals surface area contributed by atoms with E-state index < -0.39 is 5.82 Å². The lowest BCUT2D eigenvalue weighted by atomic mass is 10.1. The second kappa shape index (κ2) is 6.80. The lowest BCUT2D eigenvalue weighted by Crippen LogP contribution is -2.32. The van der Waals surface area contributed by atoms with Gasteiger partial charge in [0.05, 0.1) is 18.3 Å². The fourth-order valence-corrected chi connectivity index (χ4v) is 2.66. The lowest BCUT2D eigenvalue weighted by molar-refractivity contribution is 0.106. The van der Waals surface area contributed by atoms with Crippen LogP contribution in [0.15, 0.2) is 18.2 Å². The molecule has 0 spiro atoms. The Hall–Kier alpha value is -1.48. The molecule has 0 aliphatic carbocycles. The molecule has 0 saturated carbocycles. The number of benzene rings is 1. The zero-order valence-electron chi connectivity index (χ0n) is 11.8. The third kappa shape index (κ3) is 3.34. The highest BCUT2D eigenvalue weighted by Gasteiger charge is 2.31. The quantitative estimate of drug-likeness (QED) is 0.825. The van der Waals surface area contributed by atoms with Crippen LogP contribution in [0, 0.1) is 17.1 Å². The molecule has 1 aromatic rings. The van der Waals surface area contributed by atoms with E-state index in [1.54, 1.807) is 26.4 Å². The molecule has 2 rings (SSSR count). The van der Waals surface area contributed by atoms with Crippen LogP contribution in [0.3, 0.4) is 0 Å². The Morgan fingerprint density at radius 1 is 1.45 bits per heavy atom. The van der Waals surface area contributed by atoms with Crippen LogP contribution in [-0.2, 0) is 16.0 Å². The van der Waals surface area contributed by atoms with Crippen molar-refractivity contribution in [2.24, 2.45) is 0 Å². The first-order valence-corrected chi connectivity index (χ1v) is 6.62. The molecule has 20 heavy (non-hydrogen) atoms. The maximum absolute atomic E-state index is 13.3. The van der Waals surface area contributed by atoms with Crippen molar-refractivity contribution in [1.82, 2.24) is 4.90 Å². The normalized spacial score (nSPS) is 22.9. The van der Waals surface area contributed by atoms with Gasteiger partial charge in [-0.05, 0) is 24.1 Å². The summed E-state index contributed by atoms with van der Waals surface area (Å²) in [5, 5.41) is 8.88. The average molecular weight is 278 g/mol. The molecule has 1 aliphatic rings. The van der Waals surface area contributed by atoms with Crippen LogP contribution in [0.1, 0.15) is 17.5 Å². The first-order valence-electron chi connectivity index (χ1n) is 6.62. The van der Waals surface area contributed by atoms with Crippen LogP contribution in [0.5, 0.6) is 0 Å². The Morgan fingerprint density at radius 3 is 2.90 bits per heavy atom. The van der Waals surface area contributed by atoms with Crippen LogP contribution in [-0.4, -0.2) is 44.4 Å². The summed E-state index contributed by atoms with van der Waals surface area (Å²) < 4.78 is 24.0. The molecule has 1 aromatic carbocycles. The van der Waals surface area contributed by atoms with Crippen LogP contribution >= 0.6 is 0 Å². The topological polar surface area (TPSA) is 45.5 Å². The number of ether oxygens (including phenoxy) is 2. The van der Waals surface area contributed by atoms with E-state index in [4.69, 9.17) is 14.7 Å². The third-order valence-corrected chi connectivity index (χ3v) is 3.72. The summed E-state index contributed by atoms with van der Waals surface area (Å²) in [5.74, 6) is -0.471. The van der Waals surface area contributed by atoms with Crippen molar-refractivity contribution in [3.05, 3.63) is 35.1 Å². The zero-order valence-corrected chi connectivity index (χ0v) is 11.8. The highest BCUT2D eigenvalue weighted by Crippen LogP contribution is 2.23. The van der Waals surface area contributed by atoms with Crippen molar-refractivity contribution in [1.29, 1.82) is 5.26 Å². The number of halogens is 1. The number of nitrogens with zero attached hydrogens (tertiary/aromatic N) is 2. The van der Waals surface area contributed by atoms with Crippen molar-refractivity contribution in [3.63, 3.8) is 0 Å². The van der Waals surface area contributed by atoms with Gasteiger partial charge >= 0.3 is 0 Å². The van der Waals surface area contributed by atoms with Crippen LogP contribution < -0.4 is 0 Å².